The summed E-state index contributed by atoms with van der Waals surface area (Å²) in [4.78, 5) is 10.5. The molecule has 2 aromatic carbocycles. The Morgan fingerprint density at radius 2 is 1.95 bits per heavy atom. The Kier molecular flexibility index (Phi) is 4.75. The van der Waals surface area contributed by atoms with Crippen LogP contribution >= 0.6 is 11.6 Å². The summed E-state index contributed by atoms with van der Waals surface area (Å²) < 4.78 is 0. The molecule has 0 saturated heterocycles. The minimum absolute atomic E-state index is 0.0705. The molecule has 0 fully saturated rings. The number of benzene rings is 2. The molecule has 21 heavy (non-hydrogen) atoms. The first-order valence-corrected chi connectivity index (χ1v) is 6.78. The number of nitro benzene ring substituents is 1. The van der Waals surface area contributed by atoms with Crippen LogP contribution in [0.4, 0.5) is 17.1 Å². The van der Waals surface area contributed by atoms with Gasteiger partial charge in [0.25, 0.3) is 5.69 Å². The third kappa shape index (κ3) is 3.71. The number of nitriles is 1. The molecule has 0 aliphatic heterocycles. The monoisotopic (exact) mass is 301 g/mol. The number of anilines is 2. The zero-order valence-corrected chi connectivity index (χ0v) is 11.8. The van der Waals surface area contributed by atoms with Gasteiger partial charge in [-0.2, -0.15) is 5.26 Å². The van der Waals surface area contributed by atoms with E-state index >= 15 is 0 Å². The minimum atomic E-state index is -0.481. The summed E-state index contributed by atoms with van der Waals surface area (Å²) in [6.07, 6.45) is 0.770. The lowest BCUT2D eigenvalue weighted by atomic mass is 10.1. The number of hydrogen-bond donors (Lipinski definition) is 1. The van der Waals surface area contributed by atoms with E-state index in [1.807, 2.05) is 30.3 Å². The van der Waals surface area contributed by atoms with E-state index in [1.54, 1.807) is 0 Å². The molecule has 0 heterocycles. The molecule has 0 bridgehead atoms. The van der Waals surface area contributed by atoms with Crippen molar-refractivity contribution in [1.82, 2.24) is 0 Å². The Morgan fingerprint density at radius 1 is 1.24 bits per heavy atom. The summed E-state index contributed by atoms with van der Waals surface area (Å²) in [5.74, 6) is 0.544. The second-order valence-electron chi connectivity index (χ2n) is 4.36. The highest BCUT2D eigenvalue weighted by Gasteiger charge is 2.14. The highest BCUT2D eigenvalue weighted by molar-refractivity contribution is 6.17. The lowest BCUT2D eigenvalue weighted by Crippen LogP contribution is -1.98. The van der Waals surface area contributed by atoms with Crippen molar-refractivity contribution in [2.24, 2.45) is 0 Å². The van der Waals surface area contributed by atoms with E-state index in [-0.39, 0.29) is 5.69 Å². The predicted octanol–water partition coefficient (Wildman–Crippen LogP) is 3.99. The van der Waals surface area contributed by atoms with Crippen LogP contribution in [0.2, 0.25) is 0 Å². The molecule has 0 saturated carbocycles. The van der Waals surface area contributed by atoms with Crippen LogP contribution in [-0.2, 0) is 6.42 Å². The van der Waals surface area contributed by atoms with Gasteiger partial charge in [0.15, 0.2) is 0 Å². The van der Waals surface area contributed by atoms with Gasteiger partial charge in [-0.3, -0.25) is 10.1 Å². The molecule has 0 radical (unpaired) electrons. The zero-order valence-electron chi connectivity index (χ0n) is 11.0. The highest BCUT2D eigenvalue weighted by atomic mass is 35.5. The second-order valence-corrected chi connectivity index (χ2v) is 4.74. The summed E-state index contributed by atoms with van der Waals surface area (Å²) in [7, 11) is 0. The Hall–Kier alpha value is -2.58. The van der Waals surface area contributed by atoms with Crippen LogP contribution < -0.4 is 5.32 Å². The number of nitrogens with one attached hydrogen (secondary N) is 1. The van der Waals surface area contributed by atoms with Gasteiger partial charge in [0, 0.05) is 17.6 Å². The van der Waals surface area contributed by atoms with Gasteiger partial charge in [-0.15, -0.1) is 11.6 Å². The molecule has 0 spiro atoms. The average molecular weight is 302 g/mol. The molecule has 0 aliphatic carbocycles. The Bertz CT molecular complexity index is 693. The second kappa shape index (κ2) is 6.73. The quantitative estimate of drug-likeness (QED) is 0.514. The van der Waals surface area contributed by atoms with Crippen molar-refractivity contribution in [2.75, 3.05) is 11.2 Å². The normalized spacial score (nSPS) is 9.90. The Morgan fingerprint density at radius 3 is 2.52 bits per heavy atom. The lowest BCUT2D eigenvalue weighted by molar-refractivity contribution is -0.383. The van der Waals surface area contributed by atoms with Crippen molar-refractivity contribution < 1.29 is 4.92 Å². The van der Waals surface area contributed by atoms with Crippen molar-refractivity contribution in [1.29, 1.82) is 5.26 Å². The summed E-state index contributed by atoms with van der Waals surface area (Å²) in [6, 6.07) is 13.6. The number of hydrogen-bond acceptors (Lipinski definition) is 4. The largest absolute Gasteiger partial charge is 0.350 e. The average Bonchev–Trinajstić information content (AvgIpc) is 2.49. The van der Waals surface area contributed by atoms with E-state index in [4.69, 9.17) is 16.9 Å². The van der Waals surface area contributed by atoms with Crippen molar-refractivity contribution >= 4 is 28.7 Å². The maximum Gasteiger partial charge on any atom is 0.292 e. The molecule has 2 aromatic rings. The van der Waals surface area contributed by atoms with Crippen molar-refractivity contribution in [3.8, 4) is 6.07 Å². The highest BCUT2D eigenvalue weighted by Crippen LogP contribution is 2.28. The van der Waals surface area contributed by atoms with Crippen molar-refractivity contribution in [3.05, 3.63) is 63.7 Å². The number of rotatable bonds is 5. The minimum Gasteiger partial charge on any atom is -0.350 e. The number of nitrogens with zero attached hydrogens (tertiary/aromatic N) is 2. The predicted molar refractivity (Wildman–Crippen MR) is 82.0 cm³/mol. The fourth-order valence-electron chi connectivity index (χ4n) is 1.88. The van der Waals surface area contributed by atoms with E-state index in [1.165, 1.54) is 18.2 Å². The van der Waals surface area contributed by atoms with Gasteiger partial charge in [0.2, 0.25) is 0 Å². The van der Waals surface area contributed by atoms with Crippen LogP contribution in [0, 0.1) is 21.4 Å². The molecule has 2 rings (SSSR count). The zero-order chi connectivity index (χ0) is 15.2. The van der Waals surface area contributed by atoms with Crippen LogP contribution in [-0.4, -0.2) is 10.8 Å². The van der Waals surface area contributed by atoms with Crippen molar-refractivity contribution in [3.63, 3.8) is 0 Å². The summed E-state index contributed by atoms with van der Waals surface area (Å²) >= 11 is 5.67. The van der Waals surface area contributed by atoms with Crippen LogP contribution in [0.5, 0.6) is 0 Å². The van der Waals surface area contributed by atoms with E-state index in [0.717, 1.165) is 12.0 Å². The van der Waals surface area contributed by atoms with Crippen LogP contribution in [0.15, 0.2) is 42.5 Å². The van der Waals surface area contributed by atoms with E-state index < -0.39 is 4.92 Å². The number of alkyl halides is 1. The van der Waals surface area contributed by atoms with Gasteiger partial charge in [-0.1, -0.05) is 12.1 Å². The lowest BCUT2D eigenvalue weighted by Gasteiger charge is -2.08. The first kappa shape index (κ1) is 14.8. The van der Waals surface area contributed by atoms with Gasteiger partial charge < -0.3 is 5.32 Å². The smallest absolute Gasteiger partial charge is 0.292 e. The molecule has 6 heteroatoms. The number of nitro groups is 1. The molecule has 0 aliphatic rings. The van der Waals surface area contributed by atoms with Crippen LogP contribution in [0.25, 0.3) is 0 Å². The number of halogens is 1. The third-order valence-corrected chi connectivity index (χ3v) is 3.13. The van der Waals surface area contributed by atoms with E-state index in [9.17, 15) is 10.1 Å². The molecule has 0 atom stereocenters. The molecule has 0 aromatic heterocycles. The van der Waals surface area contributed by atoms with Gasteiger partial charge in [-0.25, -0.2) is 0 Å². The summed E-state index contributed by atoms with van der Waals surface area (Å²) in [5, 5.41) is 22.9. The molecule has 106 valence electrons. The molecule has 5 nitrogen and oxygen atoms in total. The summed E-state index contributed by atoms with van der Waals surface area (Å²) in [6.45, 7) is 0. The molecular weight excluding hydrogens is 290 g/mol. The van der Waals surface area contributed by atoms with Gasteiger partial charge >= 0.3 is 0 Å². The fourth-order valence-corrected chi connectivity index (χ4v) is 2.10. The molecule has 1 N–H and O–H groups in total. The first-order chi connectivity index (χ1) is 10.1. The molecule has 0 unspecified atom stereocenters. The third-order valence-electron chi connectivity index (χ3n) is 2.94. The van der Waals surface area contributed by atoms with Gasteiger partial charge in [0.05, 0.1) is 16.6 Å². The topological polar surface area (TPSA) is 79.0 Å². The Balaban J connectivity index is 2.29. The van der Waals surface area contributed by atoms with Crippen LogP contribution in [0.3, 0.4) is 0 Å². The van der Waals surface area contributed by atoms with Gasteiger partial charge in [-0.05, 0) is 36.2 Å². The van der Waals surface area contributed by atoms with E-state index in [0.29, 0.717) is 22.8 Å². The standard InChI is InChI=1S/C15H12ClN3O2/c16-8-7-11-1-4-13(5-2-11)18-14-9-12(10-17)3-6-15(14)19(20)21/h1-6,9,18H,7-8H2. The van der Waals surface area contributed by atoms with Gasteiger partial charge in [0.1, 0.15) is 5.69 Å². The van der Waals surface area contributed by atoms with Crippen molar-refractivity contribution in [2.45, 2.75) is 6.42 Å². The summed E-state index contributed by atoms with van der Waals surface area (Å²) in [5.41, 5.74) is 2.40. The SMILES string of the molecule is N#Cc1ccc([N+](=O)[O-])c(Nc2ccc(CCCl)cc2)c1. The molecule has 0 amide bonds. The Labute approximate surface area is 126 Å². The fraction of sp³-hybridized carbons (Fsp3) is 0.133. The molecular formula is C15H12ClN3O2. The van der Waals surface area contributed by atoms with Crippen LogP contribution in [0.1, 0.15) is 11.1 Å². The maximum absolute atomic E-state index is 11.0. The van der Waals surface area contributed by atoms with E-state index in [2.05, 4.69) is 5.32 Å². The maximum atomic E-state index is 11.0. The first-order valence-electron chi connectivity index (χ1n) is 6.24. The number of aryl methyl sites for hydroxylation is 1.